The molecule has 1 aromatic carbocycles. The van der Waals surface area contributed by atoms with Crippen LogP contribution in [0.4, 0.5) is 0 Å². The van der Waals surface area contributed by atoms with Crippen molar-refractivity contribution in [1.29, 1.82) is 0 Å². The van der Waals surface area contributed by atoms with Gasteiger partial charge in [-0.05, 0) is 31.4 Å². The first-order valence-electron chi connectivity index (χ1n) is 10.2. The highest BCUT2D eigenvalue weighted by Crippen LogP contribution is 2.07. The van der Waals surface area contributed by atoms with Crippen molar-refractivity contribution in [3.8, 4) is 0 Å². The third-order valence-electron chi connectivity index (χ3n) is 4.55. The quantitative estimate of drug-likeness (QED) is 0.202. The lowest BCUT2D eigenvalue weighted by Gasteiger charge is -2.24. The number of carbonyl (C=O) groups is 5. The van der Waals surface area contributed by atoms with Gasteiger partial charge in [0.05, 0.1) is 6.42 Å². The molecule has 32 heavy (non-hydrogen) atoms. The summed E-state index contributed by atoms with van der Waals surface area (Å²) in [6.45, 7) is 1.52. The van der Waals surface area contributed by atoms with Gasteiger partial charge in [0.25, 0.3) is 0 Å². The molecule has 3 amide bonds. The second-order valence-electron chi connectivity index (χ2n) is 7.29. The van der Waals surface area contributed by atoms with Gasteiger partial charge in [-0.1, -0.05) is 30.3 Å². The average Bonchev–Trinajstić information content (AvgIpc) is 2.72. The number of unbranched alkanes of at least 4 members (excludes halogenated alkanes) is 1. The lowest BCUT2D eigenvalue weighted by Crippen LogP contribution is -2.56. The SMILES string of the molecule is CC(=O)N[C@@H](CC(=O)O)C(=O)N[C@@H](Cc1ccccc1)C(=O)N[C@@H](CCCCN)C(=O)O. The molecule has 11 nitrogen and oxygen atoms in total. The summed E-state index contributed by atoms with van der Waals surface area (Å²) in [5, 5.41) is 25.6. The van der Waals surface area contributed by atoms with Gasteiger partial charge in [-0.15, -0.1) is 0 Å². The van der Waals surface area contributed by atoms with Gasteiger partial charge in [-0.2, -0.15) is 0 Å². The Labute approximate surface area is 185 Å². The molecular formula is C21H30N4O7. The summed E-state index contributed by atoms with van der Waals surface area (Å²) in [7, 11) is 0. The van der Waals surface area contributed by atoms with Crippen molar-refractivity contribution in [3.05, 3.63) is 35.9 Å². The van der Waals surface area contributed by atoms with E-state index in [2.05, 4.69) is 16.0 Å². The average molecular weight is 450 g/mol. The number of nitrogens with two attached hydrogens (primary N) is 1. The molecule has 1 aromatic rings. The summed E-state index contributed by atoms with van der Waals surface area (Å²) in [5.41, 5.74) is 6.12. The monoisotopic (exact) mass is 450 g/mol. The Balaban J connectivity index is 3.03. The Bertz CT molecular complexity index is 785. The Morgan fingerprint density at radius 1 is 0.875 bits per heavy atom. The maximum absolute atomic E-state index is 12.9. The topological polar surface area (TPSA) is 188 Å². The first-order chi connectivity index (χ1) is 15.1. The zero-order chi connectivity index (χ0) is 24.1. The molecule has 0 aliphatic rings. The molecule has 176 valence electrons. The fourth-order valence-corrected chi connectivity index (χ4v) is 2.98. The maximum atomic E-state index is 12.9. The second kappa shape index (κ2) is 13.8. The predicted molar refractivity (Wildman–Crippen MR) is 114 cm³/mol. The Morgan fingerprint density at radius 2 is 1.47 bits per heavy atom. The molecule has 0 aliphatic heterocycles. The van der Waals surface area contributed by atoms with Crippen LogP contribution in [0.2, 0.25) is 0 Å². The zero-order valence-electron chi connectivity index (χ0n) is 17.9. The van der Waals surface area contributed by atoms with Crippen molar-refractivity contribution in [2.75, 3.05) is 6.54 Å². The largest absolute Gasteiger partial charge is 0.481 e. The van der Waals surface area contributed by atoms with Crippen molar-refractivity contribution in [2.24, 2.45) is 5.73 Å². The molecule has 7 N–H and O–H groups in total. The van der Waals surface area contributed by atoms with Crippen LogP contribution in [0.15, 0.2) is 30.3 Å². The Kier molecular flexibility index (Phi) is 11.4. The van der Waals surface area contributed by atoms with E-state index in [0.29, 0.717) is 24.9 Å². The van der Waals surface area contributed by atoms with Crippen LogP contribution in [-0.2, 0) is 30.4 Å². The molecule has 0 spiro atoms. The van der Waals surface area contributed by atoms with E-state index in [1.807, 2.05) is 0 Å². The van der Waals surface area contributed by atoms with Crippen LogP contribution >= 0.6 is 0 Å². The molecule has 0 heterocycles. The van der Waals surface area contributed by atoms with Gasteiger partial charge in [0.2, 0.25) is 17.7 Å². The maximum Gasteiger partial charge on any atom is 0.326 e. The molecule has 0 saturated heterocycles. The number of nitrogens with one attached hydrogen (secondary N) is 3. The number of carboxylic acid groups (broad SMARTS) is 2. The van der Waals surface area contributed by atoms with Gasteiger partial charge in [-0.3, -0.25) is 19.2 Å². The number of carbonyl (C=O) groups excluding carboxylic acids is 3. The minimum Gasteiger partial charge on any atom is -0.481 e. The van der Waals surface area contributed by atoms with E-state index in [0.717, 1.165) is 6.92 Å². The highest BCUT2D eigenvalue weighted by molar-refractivity contribution is 5.94. The molecule has 0 unspecified atom stereocenters. The van der Waals surface area contributed by atoms with Crippen LogP contribution in [0, 0.1) is 0 Å². The van der Waals surface area contributed by atoms with E-state index in [9.17, 15) is 29.1 Å². The summed E-state index contributed by atoms with van der Waals surface area (Å²) in [4.78, 5) is 59.5. The van der Waals surface area contributed by atoms with E-state index in [-0.39, 0.29) is 12.8 Å². The number of hydrogen-bond acceptors (Lipinski definition) is 6. The first kappa shape index (κ1) is 26.6. The fraction of sp³-hybridized carbons (Fsp3) is 0.476. The van der Waals surface area contributed by atoms with E-state index in [1.54, 1.807) is 30.3 Å². The van der Waals surface area contributed by atoms with E-state index >= 15 is 0 Å². The number of rotatable bonds is 14. The van der Waals surface area contributed by atoms with Crippen LogP contribution in [0.1, 0.15) is 38.2 Å². The number of amides is 3. The summed E-state index contributed by atoms with van der Waals surface area (Å²) < 4.78 is 0. The van der Waals surface area contributed by atoms with E-state index in [4.69, 9.17) is 10.8 Å². The predicted octanol–water partition coefficient (Wildman–Crippen LogP) is -0.608. The van der Waals surface area contributed by atoms with Crippen LogP contribution < -0.4 is 21.7 Å². The van der Waals surface area contributed by atoms with Gasteiger partial charge >= 0.3 is 11.9 Å². The normalized spacial score (nSPS) is 13.3. The molecule has 0 radical (unpaired) electrons. The molecule has 0 saturated carbocycles. The molecular weight excluding hydrogens is 420 g/mol. The Morgan fingerprint density at radius 3 is 2.00 bits per heavy atom. The highest BCUT2D eigenvalue weighted by Gasteiger charge is 2.30. The van der Waals surface area contributed by atoms with Crippen molar-refractivity contribution in [3.63, 3.8) is 0 Å². The number of benzene rings is 1. The summed E-state index contributed by atoms with van der Waals surface area (Å²) >= 11 is 0. The standard InChI is InChI=1S/C21H30N4O7/c1-13(26)23-17(12-18(27)28)20(30)25-16(11-14-7-3-2-4-8-14)19(29)24-15(21(31)32)9-5-6-10-22/h2-4,7-8,15-17H,5-6,9-12,22H2,1H3,(H,23,26)(H,24,29)(H,25,30)(H,27,28)(H,31,32)/t15-,16-,17-/m0/s1. The van der Waals surface area contributed by atoms with Crippen LogP contribution in [-0.4, -0.2) is 64.5 Å². The van der Waals surface area contributed by atoms with E-state index < -0.39 is 54.2 Å². The van der Waals surface area contributed by atoms with Crippen molar-refractivity contribution in [2.45, 2.75) is 57.2 Å². The molecule has 0 bridgehead atoms. The fourth-order valence-electron chi connectivity index (χ4n) is 2.98. The van der Waals surface area contributed by atoms with E-state index in [1.165, 1.54) is 0 Å². The summed E-state index contributed by atoms with van der Waals surface area (Å²) in [6, 6.07) is 4.95. The van der Waals surface area contributed by atoms with Crippen LogP contribution in [0.3, 0.4) is 0 Å². The minimum absolute atomic E-state index is 0.0351. The Hall–Kier alpha value is -3.47. The van der Waals surface area contributed by atoms with Crippen LogP contribution in [0.5, 0.6) is 0 Å². The van der Waals surface area contributed by atoms with Gasteiger partial charge in [0.15, 0.2) is 0 Å². The van der Waals surface area contributed by atoms with Gasteiger partial charge in [-0.25, -0.2) is 4.79 Å². The van der Waals surface area contributed by atoms with Gasteiger partial charge in [0.1, 0.15) is 18.1 Å². The number of aliphatic carboxylic acids is 2. The number of hydrogen-bond donors (Lipinski definition) is 6. The second-order valence-corrected chi connectivity index (χ2v) is 7.29. The molecule has 0 aliphatic carbocycles. The smallest absolute Gasteiger partial charge is 0.326 e. The van der Waals surface area contributed by atoms with Crippen molar-refractivity contribution in [1.82, 2.24) is 16.0 Å². The third-order valence-corrected chi connectivity index (χ3v) is 4.55. The number of carboxylic acids is 2. The minimum atomic E-state index is -1.39. The summed E-state index contributed by atoms with van der Waals surface area (Å²) in [6.07, 6.45) is 0.608. The highest BCUT2D eigenvalue weighted by atomic mass is 16.4. The lowest BCUT2D eigenvalue weighted by molar-refractivity contribution is -0.143. The molecule has 0 fully saturated rings. The zero-order valence-corrected chi connectivity index (χ0v) is 17.9. The summed E-state index contributed by atoms with van der Waals surface area (Å²) in [5.74, 6) is -4.75. The first-order valence-corrected chi connectivity index (χ1v) is 10.2. The third kappa shape index (κ3) is 10.0. The van der Waals surface area contributed by atoms with Crippen LogP contribution in [0.25, 0.3) is 0 Å². The van der Waals surface area contributed by atoms with Gasteiger partial charge < -0.3 is 31.9 Å². The lowest BCUT2D eigenvalue weighted by atomic mass is 10.0. The van der Waals surface area contributed by atoms with Crippen molar-refractivity contribution < 1.29 is 34.2 Å². The van der Waals surface area contributed by atoms with Gasteiger partial charge in [0, 0.05) is 13.3 Å². The molecule has 0 aromatic heterocycles. The molecule has 1 rings (SSSR count). The van der Waals surface area contributed by atoms with Crippen molar-refractivity contribution >= 4 is 29.7 Å². The molecule has 3 atom stereocenters. The molecule has 11 heteroatoms.